The molecule has 2 aliphatic rings. The van der Waals surface area contributed by atoms with E-state index in [9.17, 15) is 24.3 Å². The van der Waals surface area contributed by atoms with Crippen LogP contribution in [0.2, 0.25) is 0 Å². The highest BCUT2D eigenvalue weighted by atomic mass is 16.5. The number of carbonyl (C=O) groups excluding carboxylic acids is 4. The Balaban J connectivity index is 2.09. The number of methoxy groups -OCH3 is 1. The summed E-state index contributed by atoms with van der Waals surface area (Å²) in [7, 11) is 1.56. The predicted octanol–water partition coefficient (Wildman–Crippen LogP) is 3.42. The summed E-state index contributed by atoms with van der Waals surface area (Å²) >= 11 is 0. The second-order valence-electron chi connectivity index (χ2n) is 9.94. The molecule has 2 heterocycles. The van der Waals surface area contributed by atoms with Crippen LogP contribution in [0.15, 0.2) is 23.8 Å². The molecule has 2 amide bonds. The molecule has 8 heteroatoms. The molecule has 2 aliphatic heterocycles. The summed E-state index contributed by atoms with van der Waals surface area (Å²) in [6, 6.07) is 0. The Morgan fingerprint density at radius 2 is 1.91 bits per heavy atom. The average molecular weight is 492 g/mol. The van der Waals surface area contributed by atoms with Crippen molar-refractivity contribution in [1.29, 1.82) is 0 Å². The lowest BCUT2D eigenvalue weighted by atomic mass is 9.86. The molecule has 0 saturated carbocycles. The van der Waals surface area contributed by atoms with Crippen LogP contribution in [0.25, 0.3) is 0 Å². The zero-order chi connectivity index (χ0) is 26.0. The van der Waals surface area contributed by atoms with Crippen molar-refractivity contribution in [3.8, 4) is 0 Å². The van der Waals surface area contributed by atoms with Gasteiger partial charge in [0.25, 0.3) is 0 Å². The number of hydrogen-bond donors (Lipinski definition) is 2. The molecule has 1 fully saturated rings. The Labute approximate surface area is 208 Å². The molecular weight excluding hydrogens is 450 g/mol. The number of imide groups is 1. The highest BCUT2D eigenvalue weighted by molar-refractivity contribution is 5.97. The van der Waals surface area contributed by atoms with Crippen molar-refractivity contribution >= 4 is 23.6 Å². The first-order valence-corrected chi connectivity index (χ1v) is 12.7. The van der Waals surface area contributed by atoms with E-state index in [1.807, 2.05) is 32.1 Å². The standard InChI is InChI=1S/C27H41NO7/c1-17-14-18(2)27(35-25(32)13-8-6-5-7-12-22(34-4)26(17)33)19(3)21(29)11-9-10-20-15-23(30)28-24(31)16-20/h7,12,14,17,19-20,22,26-27,33H,5-6,8-11,13,15-16H2,1-4H3,(H,28,30,31)/b12-7+,18-14-/t17-,19-,22-,26+,27?/m0/s1. The van der Waals surface area contributed by atoms with Crippen molar-refractivity contribution in [2.24, 2.45) is 17.8 Å². The topological polar surface area (TPSA) is 119 Å². The second kappa shape index (κ2) is 14.3. The molecule has 0 bridgehead atoms. The van der Waals surface area contributed by atoms with Crippen molar-refractivity contribution in [3.05, 3.63) is 23.8 Å². The monoisotopic (exact) mass is 491 g/mol. The van der Waals surface area contributed by atoms with Crippen LogP contribution in [0.5, 0.6) is 0 Å². The lowest BCUT2D eigenvalue weighted by molar-refractivity contribution is -0.151. The normalized spacial score (nSPS) is 30.9. The molecular formula is C27H41NO7. The summed E-state index contributed by atoms with van der Waals surface area (Å²) in [6.45, 7) is 5.45. The van der Waals surface area contributed by atoms with Crippen molar-refractivity contribution in [2.45, 2.75) is 96.9 Å². The van der Waals surface area contributed by atoms with E-state index in [-0.39, 0.29) is 48.2 Å². The number of hydrogen-bond acceptors (Lipinski definition) is 7. The van der Waals surface area contributed by atoms with Gasteiger partial charge in [0, 0.05) is 38.7 Å². The highest BCUT2D eigenvalue weighted by Gasteiger charge is 2.31. The number of aliphatic hydroxyl groups is 1. The molecule has 1 saturated heterocycles. The zero-order valence-corrected chi connectivity index (χ0v) is 21.5. The maximum absolute atomic E-state index is 13.0. The van der Waals surface area contributed by atoms with E-state index >= 15 is 0 Å². The summed E-state index contributed by atoms with van der Waals surface area (Å²) in [4.78, 5) is 48.7. The third-order valence-electron chi connectivity index (χ3n) is 6.93. The van der Waals surface area contributed by atoms with Crippen LogP contribution in [-0.2, 0) is 28.7 Å². The molecule has 1 unspecified atom stereocenters. The third kappa shape index (κ3) is 9.33. The molecule has 35 heavy (non-hydrogen) atoms. The fourth-order valence-electron chi connectivity index (χ4n) is 4.81. The fraction of sp³-hybridized carbons (Fsp3) is 0.704. The number of amides is 2. The number of allylic oxidation sites excluding steroid dienone is 1. The average Bonchev–Trinajstić information content (AvgIpc) is 2.79. The largest absolute Gasteiger partial charge is 0.457 e. The lowest BCUT2D eigenvalue weighted by Crippen LogP contribution is -2.38. The van der Waals surface area contributed by atoms with E-state index in [0.29, 0.717) is 32.1 Å². The predicted molar refractivity (Wildman–Crippen MR) is 131 cm³/mol. The minimum atomic E-state index is -0.785. The number of ether oxygens (including phenoxy) is 2. The third-order valence-corrected chi connectivity index (χ3v) is 6.93. The molecule has 0 spiro atoms. The number of piperidine rings is 1. The maximum atomic E-state index is 13.0. The van der Waals surface area contributed by atoms with E-state index in [4.69, 9.17) is 9.47 Å². The van der Waals surface area contributed by atoms with Gasteiger partial charge < -0.3 is 14.6 Å². The van der Waals surface area contributed by atoms with Gasteiger partial charge in [-0.25, -0.2) is 0 Å². The number of nitrogens with one attached hydrogen (secondary N) is 1. The number of carbonyl (C=O) groups is 4. The van der Waals surface area contributed by atoms with E-state index in [1.165, 1.54) is 0 Å². The van der Waals surface area contributed by atoms with Gasteiger partial charge in [-0.3, -0.25) is 24.5 Å². The van der Waals surface area contributed by atoms with Gasteiger partial charge in [0.1, 0.15) is 18.0 Å². The molecule has 0 aromatic rings. The number of aliphatic hydroxyl groups excluding tert-OH is 1. The Bertz CT molecular complexity index is 802. The van der Waals surface area contributed by atoms with Gasteiger partial charge >= 0.3 is 5.97 Å². The smallest absolute Gasteiger partial charge is 0.306 e. The van der Waals surface area contributed by atoms with Gasteiger partial charge in [0.15, 0.2) is 0 Å². The first kappa shape index (κ1) is 28.9. The van der Waals surface area contributed by atoms with Crippen LogP contribution in [0.1, 0.15) is 78.6 Å². The van der Waals surface area contributed by atoms with E-state index in [2.05, 4.69) is 5.32 Å². The SMILES string of the molecule is CO[C@H]1/C=C/CCCCC(=O)OC([C@@H](C)C(=O)CCCC2CC(=O)NC(=O)C2)/C(C)=C\[C@H](C)[C@H]1O. The Morgan fingerprint density at radius 3 is 2.57 bits per heavy atom. The molecule has 0 radical (unpaired) electrons. The van der Waals surface area contributed by atoms with Crippen LogP contribution in [0.4, 0.5) is 0 Å². The Hall–Kier alpha value is -2.32. The number of Topliss-reactive ketones (excluding diaryl/α,β-unsaturated/α-hetero) is 1. The fourth-order valence-corrected chi connectivity index (χ4v) is 4.81. The first-order chi connectivity index (χ1) is 16.6. The van der Waals surface area contributed by atoms with E-state index < -0.39 is 24.2 Å². The minimum absolute atomic E-state index is 0.0332. The lowest BCUT2D eigenvalue weighted by Gasteiger charge is -2.28. The van der Waals surface area contributed by atoms with Crippen LogP contribution in [-0.4, -0.2) is 54.1 Å². The molecule has 8 nitrogen and oxygen atoms in total. The van der Waals surface area contributed by atoms with E-state index in [1.54, 1.807) is 14.0 Å². The van der Waals surface area contributed by atoms with Crippen LogP contribution in [0.3, 0.4) is 0 Å². The summed E-state index contributed by atoms with van der Waals surface area (Å²) in [5.41, 5.74) is 0.719. The van der Waals surface area contributed by atoms with Gasteiger partial charge in [0.2, 0.25) is 11.8 Å². The van der Waals surface area contributed by atoms with Crippen LogP contribution >= 0.6 is 0 Å². The van der Waals surface area contributed by atoms with Crippen LogP contribution < -0.4 is 5.32 Å². The molecule has 0 aromatic carbocycles. The molecule has 196 valence electrons. The van der Waals surface area contributed by atoms with E-state index in [0.717, 1.165) is 18.4 Å². The van der Waals surface area contributed by atoms with Crippen molar-refractivity contribution in [3.63, 3.8) is 0 Å². The van der Waals surface area contributed by atoms with Gasteiger partial charge in [-0.05, 0) is 50.5 Å². The Kier molecular flexibility index (Phi) is 11.8. The number of rotatable bonds is 7. The van der Waals surface area contributed by atoms with Gasteiger partial charge in [-0.2, -0.15) is 0 Å². The van der Waals surface area contributed by atoms with Gasteiger partial charge in [-0.15, -0.1) is 0 Å². The maximum Gasteiger partial charge on any atom is 0.306 e. The Morgan fingerprint density at radius 1 is 1.23 bits per heavy atom. The zero-order valence-electron chi connectivity index (χ0n) is 21.5. The van der Waals surface area contributed by atoms with Crippen molar-refractivity contribution < 1.29 is 33.8 Å². The quantitative estimate of drug-likeness (QED) is 0.318. The van der Waals surface area contributed by atoms with Crippen molar-refractivity contribution in [2.75, 3.05) is 7.11 Å². The second-order valence-corrected chi connectivity index (χ2v) is 9.94. The minimum Gasteiger partial charge on any atom is -0.457 e. The number of cyclic esters (lactones) is 1. The van der Waals surface area contributed by atoms with Crippen LogP contribution in [0, 0.1) is 17.8 Å². The van der Waals surface area contributed by atoms with Gasteiger partial charge in [-0.1, -0.05) is 32.1 Å². The molecule has 2 rings (SSSR count). The highest BCUT2D eigenvalue weighted by Crippen LogP contribution is 2.26. The molecule has 0 aromatic heterocycles. The molecule has 0 aliphatic carbocycles. The number of esters is 1. The molecule has 5 atom stereocenters. The summed E-state index contributed by atoms with van der Waals surface area (Å²) in [6.07, 6.45) is 8.33. The van der Waals surface area contributed by atoms with Crippen molar-refractivity contribution in [1.82, 2.24) is 5.32 Å². The summed E-state index contributed by atoms with van der Waals surface area (Å²) in [5, 5.41) is 13.1. The number of ketones is 1. The first-order valence-electron chi connectivity index (χ1n) is 12.7. The van der Waals surface area contributed by atoms with Gasteiger partial charge in [0.05, 0.1) is 12.0 Å². The summed E-state index contributed by atoms with van der Waals surface area (Å²) < 4.78 is 11.2. The summed E-state index contributed by atoms with van der Waals surface area (Å²) in [5.74, 6) is -1.78. The molecule has 2 N–H and O–H groups in total.